The molecular weight excluding hydrogens is 367 g/mol. The molecular formula is C23H19FN4O. The Labute approximate surface area is 167 Å². The van der Waals surface area contributed by atoms with Gasteiger partial charge >= 0.3 is 0 Å². The average molecular weight is 386 g/mol. The molecule has 1 N–H and O–H groups in total. The van der Waals surface area contributed by atoms with Crippen molar-refractivity contribution in [3.63, 3.8) is 0 Å². The van der Waals surface area contributed by atoms with Crippen LogP contribution >= 0.6 is 0 Å². The Morgan fingerprint density at radius 1 is 0.966 bits per heavy atom. The van der Waals surface area contributed by atoms with Gasteiger partial charge in [0.2, 0.25) is 0 Å². The summed E-state index contributed by atoms with van der Waals surface area (Å²) in [5.41, 5.74) is 3.13. The second-order valence-corrected chi connectivity index (χ2v) is 6.60. The molecule has 2 aromatic carbocycles. The minimum atomic E-state index is -0.399. The van der Waals surface area contributed by atoms with Gasteiger partial charge in [-0.05, 0) is 42.3 Å². The van der Waals surface area contributed by atoms with E-state index in [0.717, 1.165) is 11.1 Å². The molecule has 1 amide bonds. The molecule has 144 valence electrons. The van der Waals surface area contributed by atoms with Gasteiger partial charge in [-0.15, -0.1) is 0 Å². The number of pyridine rings is 1. The van der Waals surface area contributed by atoms with Crippen LogP contribution in [0.15, 0.2) is 85.3 Å². The first-order chi connectivity index (χ1) is 14.1. The second-order valence-electron chi connectivity index (χ2n) is 6.60. The van der Waals surface area contributed by atoms with Crippen molar-refractivity contribution >= 4 is 5.91 Å². The van der Waals surface area contributed by atoms with Crippen LogP contribution in [0.1, 0.15) is 33.2 Å². The fraction of sp³-hybridized carbons (Fsp3) is 0.0870. The van der Waals surface area contributed by atoms with E-state index in [1.165, 1.54) is 16.9 Å². The highest BCUT2D eigenvalue weighted by Gasteiger charge is 2.21. The van der Waals surface area contributed by atoms with E-state index in [9.17, 15) is 9.18 Å². The molecule has 0 aliphatic rings. The first kappa shape index (κ1) is 18.6. The lowest BCUT2D eigenvalue weighted by Gasteiger charge is -2.19. The maximum absolute atomic E-state index is 14.2. The molecule has 1 atom stereocenters. The van der Waals surface area contributed by atoms with Crippen LogP contribution in [-0.2, 0) is 0 Å². The zero-order valence-electron chi connectivity index (χ0n) is 15.8. The number of nitrogens with zero attached hydrogens (tertiary/aromatic N) is 3. The van der Waals surface area contributed by atoms with Crippen molar-refractivity contribution in [1.29, 1.82) is 0 Å². The van der Waals surface area contributed by atoms with Gasteiger partial charge < -0.3 is 5.32 Å². The molecule has 0 fully saturated rings. The van der Waals surface area contributed by atoms with Crippen molar-refractivity contribution < 1.29 is 9.18 Å². The zero-order valence-corrected chi connectivity index (χ0v) is 15.8. The summed E-state index contributed by atoms with van der Waals surface area (Å²) < 4.78 is 15.6. The van der Waals surface area contributed by atoms with Crippen LogP contribution in [0, 0.1) is 12.7 Å². The normalized spacial score (nSPS) is 11.8. The lowest BCUT2D eigenvalue weighted by atomic mass is 9.99. The molecule has 29 heavy (non-hydrogen) atoms. The molecule has 0 aliphatic carbocycles. The number of nitrogens with one attached hydrogen (secondary N) is 1. The molecule has 2 aromatic heterocycles. The molecule has 5 nitrogen and oxygen atoms in total. The minimum absolute atomic E-state index is 0.282. The third-order valence-electron chi connectivity index (χ3n) is 4.78. The van der Waals surface area contributed by atoms with Gasteiger partial charge in [-0.25, -0.2) is 9.07 Å². The van der Waals surface area contributed by atoms with Gasteiger partial charge in [0.15, 0.2) is 0 Å². The molecule has 1 unspecified atom stereocenters. The topological polar surface area (TPSA) is 59.8 Å². The lowest BCUT2D eigenvalue weighted by molar-refractivity contribution is 0.0942. The maximum atomic E-state index is 14.2. The van der Waals surface area contributed by atoms with Crippen molar-refractivity contribution in [2.24, 2.45) is 0 Å². The van der Waals surface area contributed by atoms with Gasteiger partial charge in [0, 0.05) is 12.4 Å². The molecule has 2 heterocycles. The Bertz CT molecular complexity index is 1090. The van der Waals surface area contributed by atoms with E-state index < -0.39 is 5.82 Å². The summed E-state index contributed by atoms with van der Waals surface area (Å²) >= 11 is 0. The fourth-order valence-corrected chi connectivity index (χ4v) is 3.27. The predicted molar refractivity (Wildman–Crippen MR) is 108 cm³/mol. The average Bonchev–Trinajstić information content (AvgIpc) is 3.14. The first-order valence-corrected chi connectivity index (χ1v) is 9.20. The molecule has 4 aromatic rings. The number of para-hydroxylation sites is 1. The number of aromatic nitrogens is 3. The highest BCUT2D eigenvalue weighted by Crippen LogP contribution is 2.23. The number of hydrogen-bond acceptors (Lipinski definition) is 3. The molecule has 0 radical (unpaired) electrons. The van der Waals surface area contributed by atoms with E-state index in [1.807, 2.05) is 42.5 Å². The van der Waals surface area contributed by atoms with Crippen LogP contribution in [0.5, 0.6) is 0 Å². The summed E-state index contributed by atoms with van der Waals surface area (Å²) in [5.74, 6) is -0.680. The Kier molecular flexibility index (Phi) is 5.16. The SMILES string of the molecule is Cc1c(C(=O)NC(c2ccccc2)c2ccncc2)cnn1-c1ccccc1F. The Morgan fingerprint density at radius 2 is 1.62 bits per heavy atom. The summed E-state index contributed by atoms with van der Waals surface area (Å²) in [7, 11) is 0. The summed E-state index contributed by atoms with van der Waals surface area (Å²) in [5, 5.41) is 7.30. The monoisotopic (exact) mass is 386 g/mol. The standard InChI is InChI=1S/C23H19FN4O/c1-16-19(15-26-28(16)21-10-6-5-9-20(21)24)23(29)27-22(17-7-3-2-4-8-17)18-11-13-25-14-12-18/h2-15,22H,1H3,(H,27,29). The summed E-state index contributed by atoms with van der Waals surface area (Å²) in [6.07, 6.45) is 4.85. The van der Waals surface area contributed by atoms with Gasteiger partial charge in [0.05, 0.1) is 23.5 Å². The van der Waals surface area contributed by atoms with Crippen molar-refractivity contribution in [3.8, 4) is 5.69 Å². The van der Waals surface area contributed by atoms with E-state index in [1.54, 1.807) is 37.5 Å². The Hall–Kier alpha value is -3.80. The lowest BCUT2D eigenvalue weighted by Crippen LogP contribution is -2.29. The number of rotatable bonds is 5. The van der Waals surface area contributed by atoms with Crippen LogP contribution in [-0.4, -0.2) is 20.7 Å². The highest BCUT2D eigenvalue weighted by atomic mass is 19.1. The van der Waals surface area contributed by atoms with Crippen LogP contribution in [0.25, 0.3) is 5.69 Å². The first-order valence-electron chi connectivity index (χ1n) is 9.20. The minimum Gasteiger partial charge on any atom is -0.341 e. The van der Waals surface area contributed by atoms with Gasteiger partial charge in [0.1, 0.15) is 11.5 Å². The summed E-state index contributed by atoms with van der Waals surface area (Å²) in [6.45, 7) is 1.75. The summed E-state index contributed by atoms with van der Waals surface area (Å²) in [4.78, 5) is 17.1. The van der Waals surface area contributed by atoms with E-state index in [-0.39, 0.29) is 11.9 Å². The number of hydrogen-bond donors (Lipinski definition) is 1. The van der Waals surface area contributed by atoms with E-state index in [4.69, 9.17) is 0 Å². The molecule has 0 bridgehead atoms. The maximum Gasteiger partial charge on any atom is 0.255 e. The number of benzene rings is 2. The largest absolute Gasteiger partial charge is 0.341 e. The number of halogens is 1. The molecule has 0 saturated heterocycles. The van der Waals surface area contributed by atoms with Crippen molar-refractivity contribution in [2.45, 2.75) is 13.0 Å². The number of amides is 1. The van der Waals surface area contributed by atoms with E-state index >= 15 is 0 Å². The molecule has 0 spiro atoms. The van der Waals surface area contributed by atoms with E-state index in [0.29, 0.717) is 16.9 Å². The summed E-state index contributed by atoms with van der Waals surface area (Å²) in [6, 6.07) is 19.4. The number of carbonyl (C=O) groups is 1. The Morgan fingerprint density at radius 3 is 2.34 bits per heavy atom. The smallest absolute Gasteiger partial charge is 0.255 e. The second kappa shape index (κ2) is 8.06. The third kappa shape index (κ3) is 3.78. The number of carbonyl (C=O) groups excluding carboxylic acids is 1. The molecule has 4 rings (SSSR count). The van der Waals surface area contributed by atoms with Crippen molar-refractivity contribution in [2.75, 3.05) is 0 Å². The quantitative estimate of drug-likeness (QED) is 0.558. The Balaban J connectivity index is 1.66. The van der Waals surface area contributed by atoms with Crippen molar-refractivity contribution in [3.05, 3.63) is 114 Å². The van der Waals surface area contributed by atoms with Crippen LogP contribution in [0.2, 0.25) is 0 Å². The predicted octanol–water partition coefficient (Wildman–Crippen LogP) is 4.23. The van der Waals surface area contributed by atoms with Crippen molar-refractivity contribution in [1.82, 2.24) is 20.1 Å². The van der Waals surface area contributed by atoms with Gasteiger partial charge in [0.25, 0.3) is 5.91 Å². The van der Waals surface area contributed by atoms with Crippen LogP contribution in [0.4, 0.5) is 4.39 Å². The van der Waals surface area contributed by atoms with Gasteiger partial charge in [-0.3, -0.25) is 9.78 Å². The van der Waals surface area contributed by atoms with E-state index in [2.05, 4.69) is 15.4 Å². The third-order valence-corrected chi connectivity index (χ3v) is 4.78. The van der Waals surface area contributed by atoms with Gasteiger partial charge in [-0.1, -0.05) is 42.5 Å². The molecule has 6 heteroatoms. The highest BCUT2D eigenvalue weighted by molar-refractivity contribution is 5.95. The molecule has 0 saturated carbocycles. The van der Waals surface area contributed by atoms with Gasteiger partial charge in [-0.2, -0.15) is 5.10 Å². The zero-order chi connectivity index (χ0) is 20.2. The fourth-order valence-electron chi connectivity index (χ4n) is 3.27. The van der Waals surface area contributed by atoms with Crippen LogP contribution < -0.4 is 5.32 Å². The molecule has 0 aliphatic heterocycles. The van der Waals surface area contributed by atoms with Crippen LogP contribution in [0.3, 0.4) is 0 Å².